The van der Waals surface area contributed by atoms with Crippen molar-refractivity contribution in [3.05, 3.63) is 24.1 Å². The van der Waals surface area contributed by atoms with E-state index in [-0.39, 0.29) is 12.1 Å². The zero-order valence-electron chi connectivity index (χ0n) is 5.59. The molecule has 0 radical (unpaired) electrons. The molecule has 0 amide bonds. The zero-order chi connectivity index (χ0) is 7.28. The molecule has 2 heteroatoms. The normalized spacial score (nSPS) is 15.0. The van der Waals surface area contributed by atoms with Gasteiger partial charge in [-0.3, -0.25) is 0 Å². The summed E-state index contributed by atoms with van der Waals surface area (Å²) in [5.41, 5.74) is 16.0. The number of hydrogen-bond donors (Lipinski definition) is 2. The van der Waals surface area contributed by atoms with E-state index >= 15 is 0 Å². The lowest BCUT2D eigenvalue weighted by molar-refractivity contribution is 0.651. The first-order valence-corrected chi connectivity index (χ1v) is 2.80. The van der Waals surface area contributed by atoms with Gasteiger partial charge in [0.15, 0.2) is 0 Å². The fraction of sp³-hybridized carbons (Fsp3) is 0.429. The van der Waals surface area contributed by atoms with Gasteiger partial charge in [-0.25, -0.2) is 0 Å². The molecule has 0 fully saturated rings. The van der Waals surface area contributed by atoms with Gasteiger partial charge in [-0.2, -0.15) is 0 Å². The molecule has 2 unspecified atom stereocenters. The van der Waals surface area contributed by atoms with Gasteiger partial charge in [0.2, 0.25) is 0 Å². The third-order valence-corrected chi connectivity index (χ3v) is 0.985. The summed E-state index contributed by atoms with van der Waals surface area (Å²) in [7, 11) is 0. The molecule has 0 aromatic rings. The highest BCUT2D eigenvalue weighted by Gasteiger charge is 2.00. The number of nitrogens with two attached hydrogens (primary N) is 2. The second-order valence-corrected chi connectivity index (χ2v) is 1.92. The predicted octanol–water partition coefficient (Wildman–Crippen LogP) is 0.157. The Kier molecular flexibility index (Phi) is 3.78. The smallest absolute Gasteiger partial charge is 0.0457 e. The summed E-state index contributed by atoms with van der Waals surface area (Å²) in [6.45, 7) is 5.17. The van der Waals surface area contributed by atoms with Gasteiger partial charge < -0.3 is 11.5 Å². The van der Waals surface area contributed by atoms with E-state index in [1.165, 1.54) is 0 Å². The van der Waals surface area contributed by atoms with E-state index in [1.54, 1.807) is 6.08 Å². The van der Waals surface area contributed by atoms with E-state index in [9.17, 15) is 0 Å². The van der Waals surface area contributed by atoms with Crippen molar-refractivity contribution in [2.45, 2.75) is 19.0 Å². The Balaban J connectivity index is 3.91. The minimum atomic E-state index is -0.140. The number of rotatable bonds is 2. The molecular weight excluding hydrogens is 112 g/mol. The summed E-state index contributed by atoms with van der Waals surface area (Å²) in [6.07, 6.45) is 1.65. The standard InChI is InChI=1S/C7H12N2/c1-3-4-5-7(9)6(2)8/h5-7H,1,8-9H2,2H3. The summed E-state index contributed by atoms with van der Waals surface area (Å²) in [4.78, 5) is 0. The van der Waals surface area contributed by atoms with Crippen molar-refractivity contribution in [2.75, 3.05) is 0 Å². The van der Waals surface area contributed by atoms with Gasteiger partial charge in [0.05, 0.1) is 0 Å². The van der Waals surface area contributed by atoms with Gasteiger partial charge in [0, 0.05) is 12.1 Å². The Morgan fingerprint density at radius 2 is 2.11 bits per heavy atom. The van der Waals surface area contributed by atoms with Crippen LogP contribution < -0.4 is 11.5 Å². The lowest BCUT2D eigenvalue weighted by atomic mass is 10.2. The van der Waals surface area contributed by atoms with Crippen molar-refractivity contribution in [1.82, 2.24) is 0 Å². The van der Waals surface area contributed by atoms with Crippen LogP contribution in [0.3, 0.4) is 0 Å². The summed E-state index contributed by atoms with van der Waals surface area (Å²) in [5, 5.41) is 0. The van der Waals surface area contributed by atoms with Crippen LogP contribution in [0, 0.1) is 0 Å². The Morgan fingerprint density at radius 1 is 1.56 bits per heavy atom. The molecule has 0 aliphatic heterocycles. The number of hydrogen-bond acceptors (Lipinski definition) is 2. The summed E-state index contributed by atoms with van der Waals surface area (Å²) in [5.74, 6) is 0. The second-order valence-electron chi connectivity index (χ2n) is 1.92. The molecule has 2 atom stereocenters. The lowest BCUT2D eigenvalue weighted by Crippen LogP contribution is -2.36. The minimum absolute atomic E-state index is 0.0363. The monoisotopic (exact) mass is 124 g/mol. The van der Waals surface area contributed by atoms with Crippen LogP contribution in [-0.4, -0.2) is 12.1 Å². The molecule has 2 nitrogen and oxygen atoms in total. The van der Waals surface area contributed by atoms with Crippen LogP contribution in [0.5, 0.6) is 0 Å². The summed E-state index contributed by atoms with van der Waals surface area (Å²) in [6, 6.07) is -0.176. The van der Waals surface area contributed by atoms with Crippen molar-refractivity contribution in [3.8, 4) is 0 Å². The first-order chi connectivity index (χ1) is 4.18. The average molecular weight is 124 g/mol. The predicted molar refractivity (Wildman–Crippen MR) is 38.8 cm³/mol. The fourth-order valence-corrected chi connectivity index (χ4v) is 0.307. The van der Waals surface area contributed by atoms with Crippen molar-refractivity contribution >= 4 is 0 Å². The van der Waals surface area contributed by atoms with Crippen LogP contribution in [0.2, 0.25) is 0 Å². The van der Waals surface area contributed by atoms with Gasteiger partial charge in [0.25, 0.3) is 0 Å². The van der Waals surface area contributed by atoms with Crippen molar-refractivity contribution in [3.63, 3.8) is 0 Å². The van der Waals surface area contributed by atoms with Gasteiger partial charge in [-0.1, -0.05) is 11.5 Å². The third kappa shape index (κ3) is 3.77. The van der Waals surface area contributed by atoms with E-state index in [4.69, 9.17) is 11.5 Å². The van der Waals surface area contributed by atoms with Crippen LogP contribution >= 0.6 is 0 Å². The Bertz CT molecular complexity index is 148. The average Bonchev–Trinajstić information content (AvgIpc) is 1.82. The van der Waals surface area contributed by atoms with Gasteiger partial charge in [-0.15, -0.1) is 0 Å². The highest BCUT2D eigenvalue weighted by atomic mass is 14.7. The summed E-state index contributed by atoms with van der Waals surface area (Å²) < 4.78 is 0. The molecule has 0 bridgehead atoms. The Hall–Kier alpha value is -0.780. The van der Waals surface area contributed by atoms with Crippen molar-refractivity contribution in [1.29, 1.82) is 0 Å². The summed E-state index contributed by atoms with van der Waals surface area (Å²) >= 11 is 0. The van der Waals surface area contributed by atoms with E-state index in [0.29, 0.717) is 0 Å². The molecule has 4 N–H and O–H groups in total. The molecule has 0 aromatic heterocycles. The molecule has 9 heavy (non-hydrogen) atoms. The maximum atomic E-state index is 5.49. The highest BCUT2D eigenvalue weighted by Crippen LogP contribution is 1.84. The van der Waals surface area contributed by atoms with Crippen molar-refractivity contribution < 1.29 is 0 Å². The molecule has 0 aliphatic rings. The van der Waals surface area contributed by atoms with Crippen LogP contribution in [-0.2, 0) is 0 Å². The molecule has 0 rings (SSSR count). The Morgan fingerprint density at radius 3 is 2.44 bits per heavy atom. The van der Waals surface area contributed by atoms with E-state index in [1.807, 2.05) is 6.92 Å². The van der Waals surface area contributed by atoms with E-state index < -0.39 is 0 Å². The molecule has 0 spiro atoms. The highest BCUT2D eigenvalue weighted by molar-refractivity contribution is 4.94. The molecule has 0 heterocycles. The first kappa shape index (κ1) is 8.22. The largest absolute Gasteiger partial charge is 0.326 e. The van der Waals surface area contributed by atoms with Crippen LogP contribution in [0.25, 0.3) is 0 Å². The quantitative estimate of drug-likeness (QED) is 0.515. The molecule has 0 aliphatic carbocycles. The van der Waals surface area contributed by atoms with E-state index in [0.717, 1.165) is 0 Å². The minimum Gasteiger partial charge on any atom is -0.326 e. The fourth-order valence-electron chi connectivity index (χ4n) is 0.307. The topological polar surface area (TPSA) is 52.0 Å². The maximum absolute atomic E-state index is 5.49. The second kappa shape index (κ2) is 4.13. The zero-order valence-corrected chi connectivity index (χ0v) is 5.59. The molecule has 0 saturated heterocycles. The van der Waals surface area contributed by atoms with Crippen molar-refractivity contribution in [2.24, 2.45) is 11.5 Å². The first-order valence-electron chi connectivity index (χ1n) is 2.80. The third-order valence-electron chi connectivity index (χ3n) is 0.985. The van der Waals surface area contributed by atoms with Gasteiger partial charge in [-0.05, 0) is 19.6 Å². The van der Waals surface area contributed by atoms with E-state index in [2.05, 4.69) is 18.0 Å². The maximum Gasteiger partial charge on any atom is 0.0457 e. The van der Waals surface area contributed by atoms with Gasteiger partial charge in [0.1, 0.15) is 0 Å². The van der Waals surface area contributed by atoms with Crippen LogP contribution in [0.15, 0.2) is 24.1 Å². The van der Waals surface area contributed by atoms with Gasteiger partial charge >= 0.3 is 0 Å². The molecule has 0 aromatic carbocycles. The molecular formula is C7H12N2. The molecule has 0 saturated carbocycles. The van der Waals surface area contributed by atoms with Crippen LogP contribution in [0.1, 0.15) is 6.92 Å². The Labute approximate surface area is 55.5 Å². The van der Waals surface area contributed by atoms with Crippen LogP contribution in [0.4, 0.5) is 0 Å². The lowest BCUT2D eigenvalue weighted by Gasteiger charge is -2.07. The molecule has 50 valence electrons. The SMILES string of the molecule is C=C=C=CC(N)C(C)N.